The number of aromatic nitrogens is 2. The van der Waals surface area contributed by atoms with Crippen LogP contribution >= 0.6 is 0 Å². The number of aryl methyl sites for hydroxylation is 1. The molecule has 2 aromatic carbocycles. The molecule has 1 unspecified atom stereocenters. The highest BCUT2D eigenvalue weighted by atomic mass is 16.5. The van der Waals surface area contributed by atoms with Crippen molar-refractivity contribution in [2.75, 3.05) is 0 Å². The molecule has 1 aromatic heterocycles. The van der Waals surface area contributed by atoms with E-state index in [9.17, 15) is 0 Å². The molecule has 1 aliphatic rings. The maximum absolute atomic E-state index is 5.89. The second-order valence-electron chi connectivity index (χ2n) is 7.86. The number of ether oxygens (including phenoxy) is 1. The van der Waals surface area contributed by atoms with Crippen molar-refractivity contribution in [3.05, 3.63) is 83.9 Å². The SMILES string of the molecule is CC(C1CC1)N(Cc1ccccc1)Cc1ccc(OCc2nccn2C)cc1. The number of imidazole rings is 1. The Morgan fingerprint density at radius 2 is 1.71 bits per heavy atom. The zero-order chi connectivity index (χ0) is 19.3. The van der Waals surface area contributed by atoms with Gasteiger partial charge in [0, 0.05) is 38.6 Å². The van der Waals surface area contributed by atoms with Gasteiger partial charge >= 0.3 is 0 Å². The fourth-order valence-electron chi connectivity index (χ4n) is 3.65. The summed E-state index contributed by atoms with van der Waals surface area (Å²) in [4.78, 5) is 6.91. The van der Waals surface area contributed by atoms with Crippen LogP contribution in [0.5, 0.6) is 5.75 Å². The molecule has 0 aliphatic heterocycles. The predicted octanol–water partition coefficient (Wildman–Crippen LogP) is 4.80. The molecule has 1 atom stereocenters. The lowest BCUT2D eigenvalue weighted by Crippen LogP contribution is -2.33. The van der Waals surface area contributed by atoms with Crippen molar-refractivity contribution in [3.8, 4) is 5.75 Å². The van der Waals surface area contributed by atoms with E-state index in [2.05, 4.69) is 71.4 Å². The quantitative estimate of drug-likeness (QED) is 0.538. The first-order valence-corrected chi connectivity index (χ1v) is 10.1. The van der Waals surface area contributed by atoms with Gasteiger partial charge in [-0.2, -0.15) is 0 Å². The van der Waals surface area contributed by atoms with Crippen LogP contribution in [0.2, 0.25) is 0 Å². The van der Waals surface area contributed by atoms with Crippen LogP contribution < -0.4 is 4.74 Å². The van der Waals surface area contributed by atoms with E-state index < -0.39 is 0 Å². The van der Waals surface area contributed by atoms with Crippen molar-refractivity contribution in [2.45, 2.75) is 45.5 Å². The van der Waals surface area contributed by atoms with Gasteiger partial charge in [0.05, 0.1) is 0 Å². The van der Waals surface area contributed by atoms with Gasteiger partial charge in [-0.3, -0.25) is 4.90 Å². The molecule has 0 saturated heterocycles. The summed E-state index contributed by atoms with van der Waals surface area (Å²) in [6, 6.07) is 19.9. The minimum Gasteiger partial charge on any atom is -0.486 e. The Morgan fingerprint density at radius 3 is 2.32 bits per heavy atom. The van der Waals surface area contributed by atoms with Crippen LogP contribution in [-0.4, -0.2) is 20.5 Å². The molecular weight excluding hydrogens is 346 g/mol. The molecule has 0 amide bonds. The molecule has 1 fully saturated rings. The van der Waals surface area contributed by atoms with Crippen LogP contribution in [0.15, 0.2) is 67.0 Å². The fraction of sp³-hybridized carbons (Fsp3) is 0.375. The Morgan fingerprint density at radius 1 is 1.04 bits per heavy atom. The monoisotopic (exact) mass is 375 g/mol. The number of hydrogen-bond donors (Lipinski definition) is 0. The van der Waals surface area contributed by atoms with E-state index >= 15 is 0 Å². The molecule has 0 bridgehead atoms. The first kappa shape index (κ1) is 18.8. The van der Waals surface area contributed by atoms with Crippen LogP contribution in [0.1, 0.15) is 36.7 Å². The molecule has 0 radical (unpaired) electrons. The lowest BCUT2D eigenvalue weighted by atomic mass is 10.1. The summed E-state index contributed by atoms with van der Waals surface area (Å²) >= 11 is 0. The lowest BCUT2D eigenvalue weighted by Gasteiger charge is -2.29. The standard InChI is InChI=1S/C24H29N3O/c1-19(22-10-11-22)27(16-20-6-4-3-5-7-20)17-21-8-12-23(13-9-21)28-18-24-25-14-15-26(24)2/h3-9,12-15,19,22H,10-11,16-18H2,1-2H3. The molecule has 3 aromatic rings. The summed E-state index contributed by atoms with van der Waals surface area (Å²) in [7, 11) is 1.98. The average Bonchev–Trinajstić information content (AvgIpc) is 3.49. The van der Waals surface area contributed by atoms with E-state index in [-0.39, 0.29) is 0 Å². The highest BCUT2D eigenvalue weighted by molar-refractivity contribution is 5.27. The van der Waals surface area contributed by atoms with Crippen molar-refractivity contribution in [1.29, 1.82) is 0 Å². The van der Waals surface area contributed by atoms with E-state index in [0.717, 1.165) is 30.6 Å². The Bertz CT molecular complexity index is 868. The molecule has 4 rings (SSSR count). The maximum atomic E-state index is 5.89. The topological polar surface area (TPSA) is 30.3 Å². The molecule has 1 heterocycles. The molecule has 4 heteroatoms. The second kappa shape index (κ2) is 8.61. The van der Waals surface area contributed by atoms with Gasteiger partial charge in [-0.15, -0.1) is 0 Å². The summed E-state index contributed by atoms with van der Waals surface area (Å²) in [5.74, 6) is 2.66. The molecule has 146 valence electrons. The van der Waals surface area contributed by atoms with Gasteiger partial charge in [-0.25, -0.2) is 4.98 Å². The zero-order valence-corrected chi connectivity index (χ0v) is 16.8. The van der Waals surface area contributed by atoms with Crippen LogP contribution in [0, 0.1) is 5.92 Å². The van der Waals surface area contributed by atoms with Gasteiger partial charge in [-0.05, 0) is 48.9 Å². The van der Waals surface area contributed by atoms with Crippen LogP contribution in [0.25, 0.3) is 0 Å². The summed E-state index contributed by atoms with van der Waals surface area (Å²) < 4.78 is 7.87. The molecule has 1 aliphatic carbocycles. The smallest absolute Gasteiger partial charge is 0.146 e. The van der Waals surface area contributed by atoms with Gasteiger partial charge in [-0.1, -0.05) is 42.5 Å². The zero-order valence-electron chi connectivity index (χ0n) is 16.8. The summed E-state index contributed by atoms with van der Waals surface area (Å²) in [5, 5.41) is 0. The third-order valence-corrected chi connectivity index (χ3v) is 5.71. The minimum absolute atomic E-state index is 0.488. The molecule has 4 nitrogen and oxygen atoms in total. The summed E-state index contributed by atoms with van der Waals surface area (Å²) in [5.41, 5.74) is 2.71. The van der Waals surface area contributed by atoms with Crippen molar-refractivity contribution in [3.63, 3.8) is 0 Å². The first-order chi connectivity index (χ1) is 13.7. The summed E-state index contributed by atoms with van der Waals surface area (Å²) in [6.45, 7) is 4.83. The Labute approximate surface area is 167 Å². The van der Waals surface area contributed by atoms with Crippen LogP contribution in [-0.2, 0) is 26.7 Å². The average molecular weight is 376 g/mol. The van der Waals surface area contributed by atoms with E-state index in [1.54, 1.807) is 6.20 Å². The Kier molecular flexibility index (Phi) is 5.77. The van der Waals surface area contributed by atoms with E-state index in [1.165, 1.54) is 24.0 Å². The van der Waals surface area contributed by atoms with Gasteiger partial charge in [0.1, 0.15) is 18.2 Å². The van der Waals surface area contributed by atoms with E-state index in [1.807, 2.05) is 17.8 Å². The maximum Gasteiger partial charge on any atom is 0.146 e. The lowest BCUT2D eigenvalue weighted by molar-refractivity contribution is 0.172. The van der Waals surface area contributed by atoms with Crippen molar-refractivity contribution in [1.82, 2.24) is 14.5 Å². The van der Waals surface area contributed by atoms with Gasteiger partial charge in [0.25, 0.3) is 0 Å². The highest BCUT2D eigenvalue weighted by Crippen LogP contribution is 2.36. The molecular formula is C24H29N3O. The largest absolute Gasteiger partial charge is 0.486 e. The van der Waals surface area contributed by atoms with E-state index in [0.29, 0.717) is 12.6 Å². The minimum atomic E-state index is 0.488. The second-order valence-corrected chi connectivity index (χ2v) is 7.86. The first-order valence-electron chi connectivity index (χ1n) is 10.1. The van der Waals surface area contributed by atoms with Gasteiger partial charge < -0.3 is 9.30 Å². The molecule has 0 N–H and O–H groups in total. The highest BCUT2D eigenvalue weighted by Gasteiger charge is 2.31. The summed E-state index contributed by atoms with van der Waals surface area (Å²) in [6.07, 6.45) is 6.47. The Hall–Kier alpha value is -2.59. The van der Waals surface area contributed by atoms with Gasteiger partial charge in [0.2, 0.25) is 0 Å². The van der Waals surface area contributed by atoms with Crippen LogP contribution in [0.3, 0.4) is 0 Å². The third-order valence-electron chi connectivity index (χ3n) is 5.71. The van der Waals surface area contributed by atoms with Crippen molar-refractivity contribution >= 4 is 0 Å². The molecule has 0 spiro atoms. The third kappa shape index (κ3) is 4.82. The Balaban J connectivity index is 1.39. The number of nitrogens with zero attached hydrogens (tertiary/aromatic N) is 3. The van der Waals surface area contributed by atoms with Crippen molar-refractivity contribution < 1.29 is 4.74 Å². The van der Waals surface area contributed by atoms with Crippen LogP contribution in [0.4, 0.5) is 0 Å². The van der Waals surface area contributed by atoms with Gasteiger partial charge in [0.15, 0.2) is 0 Å². The fourth-order valence-corrected chi connectivity index (χ4v) is 3.65. The number of benzene rings is 2. The van der Waals surface area contributed by atoms with Crippen molar-refractivity contribution in [2.24, 2.45) is 13.0 Å². The molecule has 1 saturated carbocycles. The number of rotatable bonds is 9. The normalized spacial score (nSPS) is 15.0. The van der Waals surface area contributed by atoms with E-state index in [4.69, 9.17) is 4.74 Å². The number of hydrogen-bond acceptors (Lipinski definition) is 3. The predicted molar refractivity (Wildman–Crippen MR) is 112 cm³/mol. The molecule has 28 heavy (non-hydrogen) atoms.